The average molecular weight is 324 g/mol. The number of carbonyl (C=O) groups is 2. The zero-order valence-electron chi connectivity index (χ0n) is 13.1. The molecule has 8 nitrogen and oxygen atoms in total. The van der Waals surface area contributed by atoms with Gasteiger partial charge in [-0.15, -0.1) is 0 Å². The van der Waals surface area contributed by atoms with Crippen LogP contribution in [0.15, 0.2) is 12.1 Å². The Morgan fingerprint density at radius 2 is 1.83 bits per heavy atom. The minimum Gasteiger partial charge on any atom is -0.496 e. The first-order valence-corrected chi connectivity index (χ1v) is 7.14. The molecule has 23 heavy (non-hydrogen) atoms. The number of hydrogen-bond acceptors (Lipinski definition) is 6. The number of rotatable bonds is 4. The van der Waals surface area contributed by atoms with E-state index in [0.717, 1.165) is 5.69 Å². The Labute approximate surface area is 133 Å². The fourth-order valence-corrected chi connectivity index (χ4v) is 2.62. The smallest absolute Gasteiger partial charge is 0.407 e. The SMILES string of the molecule is COC(=O)c1c(CO)cc(N2CCN(C(=O)O)CC2)cc1OC. The minimum absolute atomic E-state index is 0.199. The van der Waals surface area contributed by atoms with E-state index < -0.39 is 12.1 Å². The number of anilines is 1. The van der Waals surface area contributed by atoms with Crippen LogP contribution in [0.4, 0.5) is 10.5 Å². The van der Waals surface area contributed by atoms with Crippen LogP contribution in [0.2, 0.25) is 0 Å². The van der Waals surface area contributed by atoms with Gasteiger partial charge >= 0.3 is 12.1 Å². The highest BCUT2D eigenvalue weighted by atomic mass is 16.5. The van der Waals surface area contributed by atoms with E-state index >= 15 is 0 Å². The number of piperazine rings is 1. The van der Waals surface area contributed by atoms with Gasteiger partial charge in [0.1, 0.15) is 11.3 Å². The van der Waals surface area contributed by atoms with Gasteiger partial charge in [0.05, 0.1) is 20.8 Å². The molecular formula is C15H20N2O6. The Kier molecular flexibility index (Phi) is 5.28. The number of ether oxygens (including phenoxy) is 2. The van der Waals surface area contributed by atoms with E-state index in [1.165, 1.54) is 19.1 Å². The molecule has 1 aliphatic heterocycles. The van der Waals surface area contributed by atoms with Crippen LogP contribution < -0.4 is 9.64 Å². The van der Waals surface area contributed by atoms with Gasteiger partial charge < -0.3 is 29.5 Å². The van der Waals surface area contributed by atoms with Crippen LogP contribution in [-0.4, -0.2) is 67.6 Å². The lowest BCUT2D eigenvalue weighted by Crippen LogP contribution is -2.48. The van der Waals surface area contributed by atoms with Crippen molar-refractivity contribution in [3.8, 4) is 5.75 Å². The maximum atomic E-state index is 11.9. The Morgan fingerprint density at radius 1 is 1.17 bits per heavy atom. The quantitative estimate of drug-likeness (QED) is 0.789. The third-order valence-corrected chi connectivity index (χ3v) is 3.86. The van der Waals surface area contributed by atoms with Gasteiger partial charge in [-0.1, -0.05) is 0 Å². The second-order valence-corrected chi connectivity index (χ2v) is 5.09. The van der Waals surface area contributed by atoms with E-state index in [2.05, 4.69) is 0 Å². The summed E-state index contributed by atoms with van der Waals surface area (Å²) in [6, 6.07) is 3.40. The number of methoxy groups -OCH3 is 2. The molecule has 1 aromatic carbocycles. The zero-order valence-corrected chi connectivity index (χ0v) is 13.1. The monoisotopic (exact) mass is 324 g/mol. The van der Waals surface area contributed by atoms with Crippen molar-refractivity contribution in [3.05, 3.63) is 23.3 Å². The first-order chi connectivity index (χ1) is 11.0. The molecule has 1 aromatic rings. The standard InChI is InChI=1S/C15H20N2O6/c1-22-12-8-11(7-10(9-18)13(12)14(19)23-2)16-3-5-17(6-4-16)15(20)21/h7-8,18H,3-6,9H2,1-2H3,(H,20,21). The zero-order chi connectivity index (χ0) is 17.0. The maximum absolute atomic E-state index is 11.9. The van der Waals surface area contributed by atoms with Crippen molar-refractivity contribution < 1.29 is 29.3 Å². The van der Waals surface area contributed by atoms with Crippen molar-refractivity contribution >= 4 is 17.7 Å². The highest BCUT2D eigenvalue weighted by Gasteiger charge is 2.24. The number of carboxylic acid groups (broad SMARTS) is 1. The first-order valence-electron chi connectivity index (χ1n) is 7.14. The maximum Gasteiger partial charge on any atom is 0.407 e. The lowest BCUT2D eigenvalue weighted by atomic mass is 10.0. The molecule has 1 heterocycles. The van der Waals surface area contributed by atoms with Crippen LogP contribution in [0, 0.1) is 0 Å². The molecule has 0 aliphatic carbocycles. The summed E-state index contributed by atoms with van der Waals surface area (Å²) >= 11 is 0. The van der Waals surface area contributed by atoms with Gasteiger partial charge in [0.15, 0.2) is 0 Å². The summed E-state index contributed by atoms with van der Waals surface area (Å²) in [4.78, 5) is 26.2. The fraction of sp³-hybridized carbons (Fsp3) is 0.467. The normalized spacial score (nSPS) is 14.6. The highest BCUT2D eigenvalue weighted by molar-refractivity contribution is 5.95. The summed E-state index contributed by atoms with van der Waals surface area (Å²) in [7, 11) is 2.71. The Morgan fingerprint density at radius 3 is 2.30 bits per heavy atom. The van der Waals surface area contributed by atoms with Crippen molar-refractivity contribution in [2.45, 2.75) is 6.61 Å². The van der Waals surface area contributed by atoms with Crippen molar-refractivity contribution in [2.75, 3.05) is 45.3 Å². The molecule has 126 valence electrons. The van der Waals surface area contributed by atoms with E-state index in [9.17, 15) is 14.7 Å². The lowest BCUT2D eigenvalue weighted by Gasteiger charge is -2.35. The number of aliphatic hydroxyl groups is 1. The van der Waals surface area contributed by atoms with E-state index in [4.69, 9.17) is 14.6 Å². The summed E-state index contributed by atoms with van der Waals surface area (Å²) in [6.45, 7) is 1.51. The summed E-state index contributed by atoms with van der Waals surface area (Å²) in [5, 5.41) is 18.5. The molecule has 0 atom stereocenters. The van der Waals surface area contributed by atoms with Crippen LogP contribution >= 0.6 is 0 Å². The number of aliphatic hydroxyl groups excluding tert-OH is 1. The van der Waals surface area contributed by atoms with Gasteiger partial charge in [-0.05, 0) is 11.6 Å². The molecule has 0 radical (unpaired) electrons. The molecule has 1 amide bonds. The van der Waals surface area contributed by atoms with E-state index in [-0.39, 0.29) is 12.2 Å². The van der Waals surface area contributed by atoms with Crippen LogP contribution in [0.1, 0.15) is 15.9 Å². The van der Waals surface area contributed by atoms with Crippen molar-refractivity contribution in [1.82, 2.24) is 4.90 Å². The first kappa shape index (κ1) is 16.9. The number of carbonyl (C=O) groups excluding carboxylic acids is 1. The molecule has 8 heteroatoms. The van der Waals surface area contributed by atoms with Crippen LogP contribution in [-0.2, 0) is 11.3 Å². The van der Waals surface area contributed by atoms with Gasteiger partial charge in [0.25, 0.3) is 0 Å². The van der Waals surface area contributed by atoms with Gasteiger partial charge in [-0.25, -0.2) is 9.59 Å². The lowest BCUT2D eigenvalue weighted by molar-refractivity contribution is 0.0593. The Balaban J connectivity index is 2.30. The molecule has 0 spiro atoms. The molecular weight excluding hydrogens is 304 g/mol. The van der Waals surface area contributed by atoms with E-state index in [1.54, 1.807) is 12.1 Å². The van der Waals surface area contributed by atoms with E-state index in [1.807, 2.05) is 4.90 Å². The number of hydrogen-bond donors (Lipinski definition) is 2. The van der Waals surface area contributed by atoms with E-state index in [0.29, 0.717) is 37.5 Å². The largest absolute Gasteiger partial charge is 0.496 e. The number of nitrogens with zero attached hydrogens (tertiary/aromatic N) is 2. The number of amides is 1. The summed E-state index contributed by atoms with van der Waals surface area (Å²) in [5.74, 6) is -0.257. The van der Waals surface area contributed by atoms with Gasteiger partial charge in [0.2, 0.25) is 0 Å². The summed E-state index contributed by atoms with van der Waals surface area (Å²) in [6.07, 6.45) is -0.931. The molecule has 0 saturated carbocycles. The van der Waals surface area contributed by atoms with Gasteiger partial charge in [0, 0.05) is 37.9 Å². The van der Waals surface area contributed by atoms with Crippen molar-refractivity contribution in [2.24, 2.45) is 0 Å². The predicted molar refractivity (Wildman–Crippen MR) is 82.1 cm³/mol. The Bertz CT molecular complexity index is 571. The molecule has 0 unspecified atom stereocenters. The summed E-state index contributed by atoms with van der Waals surface area (Å²) in [5.41, 5.74) is 1.38. The van der Waals surface area contributed by atoms with Crippen molar-refractivity contribution in [3.63, 3.8) is 0 Å². The second-order valence-electron chi connectivity index (χ2n) is 5.09. The molecule has 1 saturated heterocycles. The summed E-state index contributed by atoms with van der Waals surface area (Å²) < 4.78 is 9.99. The molecule has 1 fully saturated rings. The average Bonchev–Trinajstić information content (AvgIpc) is 2.59. The number of esters is 1. The van der Waals surface area contributed by atoms with Crippen LogP contribution in [0.25, 0.3) is 0 Å². The molecule has 0 bridgehead atoms. The molecule has 2 rings (SSSR count). The highest BCUT2D eigenvalue weighted by Crippen LogP contribution is 2.31. The Hall–Kier alpha value is -2.48. The fourth-order valence-electron chi connectivity index (χ4n) is 2.62. The molecule has 0 aromatic heterocycles. The minimum atomic E-state index is -0.931. The van der Waals surface area contributed by atoms with Crippen LogP contribution in [0.3, 0.4) is 0 Å². The number of benzene rings is 1. The second kappa shape index (κ2) is 7.19. The van der Waals surface area contributed by atoms with Crippen molar-refractivity contribution in [1.29, 1.82) is 0 Å². The predicted octanol–water partition coefficient (Wildman–Crippen LogP) is 0.774. The topological polar surface area (TPSA) is 99.5 Å². The third-order valence-electron chi connectivity index (χ3n) is 3.86. The molecule has 2 N–H and O–H groups in total. The van der Waals surface area contributed by atoms with Crippen LogP contribution in [0.5, 0.6) is 5.75 Å². The van der Waals surface area contributed by atoms with Gasteiger partial charge in [-0.2, -0.15) is 0 Å². The molecule has 1 aliphatic rings. The third kappa shape index (κ3) is 3.48. The van der Waals surface area contributed by atoms with Gasteiger partial charge in [-0.3, -0.25) is 0 Å².